The number of hydrogen-bond acceptors (Lipinski definition) is 5. The first-order valence-corrected chi connectivity index (χ1v) is 4.21. The molecule has 1 aliphatic heterocycles. The Morgan fingerprint density at radius 3 is 2.85 bits per heavy atom. The molecule has 0 aromatic carbocycles. The number of rotatable bonds is 3. The molecule has 1 atom stereocenters. The number of methoxy groups -OCH3 is 1. The van der Waals surface area contributed by atoms with E-state index in [9.17, 15) is 9.59 Å². The van der Waals surface area contributed by atoms with Crippen LogP contribution in [-0.2, 0) is 19.1 Å². The van der Waals surface area contributed by atoms with Gasteiger partial charge < -0.3 is 14.8 Å². The normalized spacial score (nSPS) is 21.2. The second kappa shape index (κ2) is 4.81. The van der Waals surface area contributed by atoms with Gasteiger partial charge in [0.15, 0.2) is 6.61 Å². The predicted octanol–water partition coefficient (Wildman–Crippen LogP) is -0.545. The fraction of sp³-hybridized carbons (Fsp3) is 0.750. The molecule has 5 nitrogen and oxygen atoms in total. The molecule has 13 heavy (non-hydrogen) atoms. The molecule has 0 saturated carbocycles. The van der Waals surface area contributed by atoms with Crippen LogP contribution >= 0.6 is 0 Å². The molecule has 0 aliphatic carbocycles. The molecule has 5 heteroatoms. The van der Waals surface area contributed by atoms with Gasteiger partial charge in [-0.2, -0.15) is 0 Å². The highest BCUT2D eigenvalue weighted by molar-refractivity contribution is 5.79. The second-order valence-electron chi connectivity index (χ2n) is 2.83. The van der Waals surface area contributed by atoms with Crippen molar-refractivity contribution in [1.82, 2.24) is 5.32 Å². The average Bonchev–Trinajstić information content (AvgIpc) is 2.66. The van der Waals surface area contributed by atoms with Crippen LogP contribution < -0.4 is 5.32 Å². The maximum absolute atomic E-state index is 11.2. The van der Waals surface area contributed by atoms with Crippen molar-refractivity contribution >= 4 is 11.9 Å². The van der Waals surface area contributed by atoms with E-state index in [1.807, 2.05) is 0 Å². The predicted molar refractivity (Wildman–Crippen MR) is 44.0 cm³/mol. The first-order valence-electron chi connectivity index (χ1n) is 4.21. The molecule has 1 N–H and O–H groups in total. The van der Waals surface area contributed by atoms with Crippen LogP contribution in [0.5, 0.6) is 0 Å². The zero-order valence-corrected chi connectivity index (χ0v) is 7.54. The zero-order valence-electron chi connectivity index (χ0n) is 7.54. The van der Waals surface area contributed by atoms with Crippen LogP contribution in [0.2, 0.25) is 0 Å². The number of hydrogen-bond donors (Lipinski definition) is 1. The van der Waals surface area contributed by atoms with Crippen molar-refractivity contribution < 1.29 is 19.1 Å². The molecule has 1 fully saturated rings. The van der Waals surface area contributed by atoms with Crippen molar-refractivity contribution in [3.63, 3.8) is 0 Å². The summed E-state index contributed by atoms with van der Waals surface area (Å²) in [6.45, 7) is 0.533. The van der Waals surface area contributed by atoms with Crippen molar-refractivity contribution in [2.45, 2.75) is 18.9 Å². The molecule has 0 aromatic rings. The van der Waals surface area contributed by atoms with Crippen LogP contribution in [0, 0.1) is 0 Å². The van der Waals surface area contributed by atoms with Gasteiger partial charge in [0.2, 0.25) is 0 Å². The molecule has 1 aliphatic rings. The van der Waals surface area contributed by atoms with Crippen molar-refractivity contribution in [2.24, 2.45) is 0 Å². The van der Waals surface area contributed by atoms with E-state index in [1.54, 1.807) is 0 Å². The van der Waals surface area contributed by atoms with E-state index >= 15 is 0 Å². The average molecular weight is 187 g/mol. The Labute approximate surface area is 76.4 Å². The van der Waals surface area contributed by atoms with Gasteiger partial charge in [-0.05, 0) is 19.4 Å². The van der Waals surface area contributed by atoms with Crippen LogP contribution in [0.4, 0.5) is 0 Å². The van der Waals surface area contributed by atoms with Crippen molar-refractivity contribution in [1.29, 1.82) is 0 Å². The molecule has 1 heterocycles. The fourth-order valence-corrected chi connectivity index (χ4v) is 1.18. The summed E-state index contributed by atoms with van der Waals surface area (Å²) in [5.74, 6) is -0.908. The van der Waals surface area contributed by atoms with Gasteiger partial charge in [-0.15, -0.1) is 0 Å². The molecule has 1 saturated heterocycles. The molecule has 74 valence electrons. The minimum Gasteiger partial charge on any atom is -0.466 e. The summed E-state index contributed by atoms with van der Waals surface area (Å²) in [6, 6.07) is -0.246. The summed E-state index contributed by atoms with van der Waals surface area (Å²) in [7, 11) is 1.25. The molecule has 0 radical (unpaired) electrons. The molecule has 0 aromatic heterocycles. The quantitative estimate of drug-likeness (QED) is 0.601. The van der Waals surface area contributed by atoms with Crippen molar-refractivity contribution in [3.8, 4) is 0 Å². The number of carbonyl (C=O) groups excluding carboxylic acids is 2. The van der Waals surface area contributed by atoms with Gasteiger partial charge in [-0.3, -0.25) is 4.79 Å². The lowest BCUT2D eigenvalue weighted by molar-refractivity contribution is -0.158. The van der Waals surface area contributed by atoms with Gasteiger partial charge in [-0.25, -0.2) is 4.79 Å². The first-order chi connectivity index (χ1) is 6.24. The molecule has 1 unspecified atom stereocenters. The molecule has 0 amide bonds. The topological polar surface area (TPSA) is 64.6 Å². The van der Waals surface area contributed by atoms with Crippen LogP contribution in [0.25, 0.3) is 0 Å². The van der Waals surface area contributed by atoms with E-state index in [-0.39, 0.29) is 18.6 Å². The lowest BCUT2D eigenvalue weighted by atomic mass is 10.2. The van der Waals surface area contributed by atoms with E-state index < -0.39 is 5.97 Å². The summed E-state index contributed by atoms with van der Waals surface area (Å²) < 4.78 is 9.03. The lowest BCUT2D eigenvalue weighted by Crippen LogP contribution is -2.33. The van der Waals surface area contributed by atoms with E-state index in [0.717, 1.165) is 19.4 Å². The van der Waals surface area contributed by atoms with Gasteiger partial charge in [0.25, 0.3) is 0 Å². The minimum atomic E-state index is -0.536. The Morgan fingerprint density at radius 1 is 1.54 bits per heavy atom. The van der Waals surface area contributed by atoms with Gasteiger partial charge in [0.05, 0.1) is 7.11 Å². The van der Waals surface area contributed by atoms with Gasteiger partial charge >= 0.3 is 11.9 Å². The smallest absolute Gasteiger partial charge is 0.344 e. The first kappa shape index (κ1) is 9.98. The maximum Gasteiger partial charge on any atom is 0.344 e. The monoisotopic (exact) mass is 187 g/mol. The highest BCUT2D eigenvalue weighted by atomic mass is 16.6. The van der Waals surface area contributed by atoms with Crippen molar-refractivity contribution in [3.05, 3.63) is 0 Å². The van der Waals surface area contributed by atoms with E-state index in [4.69, 9.17) is 4.74 Å². The third-order valence-electron chi connectivity index (χ3n) is 1.90. The Kier molecular flexibility index (Phi) is 3.70. The Morgan fingerprint density at radius 2 is 2.31 bits per heavy atom. The third kappa shape index (κ3) is 3.02. The maximum atomic E-state index is 11.2. The van der Waals surface area contributed by atoms with Crippen molar-refractivity contribution in [2.75, 3.05) is 20.3 Å². The van der Waals surface area contributed by atoms with E-state index in [2.05, 4.69) is 10.1 Å². The number of carbonyl (C=O) groups is 2. The highest BCUT2D eigenvalue weighted by Gasteiger charge is 2.23. The van der Waals surface area contributed by atoms with Gasteiger partial charge in [0, 0.05) is 0 Å². The number of esters is 2. The second-order valence-corrected chi connectivity index (χ2v) is 2.83. The zero-order chi connectivity index (χ0) is 9.68. The van der Waals surface area contributed by atoms with Crippen LogP contribution in [-0.4, -0.2) is 38.2 Å². The standard InChI is InChI=1S/C8H13NO4/c1-12-7(10)5-13-8(11)6-3-2-4-9-6/h6,9H,2-5H2,1H3. The minimum absolute atomic E-state index is 0.246. The SMILES string of the molecule is COC(=O)COC(=O)C1CCCN1. The molecular formula is C8H13NO4. The Hall–Kier alpha value is -1.10. The lowest BCUT2D eigenvalue weighted by Gasteiger charge is -2.08. The molecule has 0 spiro atoms. The summed E-state index contributed by atoms with van der Waals surface area (Å²) in [6.07, 6.45) is 1.75. The fourth-order valence-electron chi connectivity index (χ4n) is 1.18. The molecule has 1 rings (SSSR count). The Bertz CT molecular complexity index is 198. The largest absolute Gasteiger partial charge is 0.466 e. The molecule has 0 bridgehead atoms. The third-order valence-corrected chi connectivity index (χ3v) is 1.90. The van der Waals surface area contributed by atoms with Gasteiger partial charge in [0.1, 0.15) is 6.04 Å². The summed E-state index contributed by atoms with van der Waals surface area (Å²) in [5.41, 5.74) is 0. The molecular weight excluding hydrogens is 174 g/mol. The van der Waals surface area contributed by atoms with E-state index in [1.165, 1.54) is 7.11 Å². The number of ether oxygens (including phenoxy) is 2. The van der Waals surface area contributed by atoms with Crippen LogP contribution in [0.3, 0.4) is 0 Å². The van der Waals surface area contributed by atoms with Crippen LogP contribution in [0.15, 0.2) is 0 Å². The summed E-state index contributed by atoms with van der Waals surface area (Å²) >= 11 is 0. The van der Waals surface area contributed by atoms with Gasteiger partial charge in [-0.1, -0.05) is 0 Å². The van der Waals surface area contributed by atoms with Crippen LogP contribution in [0.1, 0.15) is 12.8 Å². The number of nitrogens with one attached hydrogen (secondary N) is 1. The summed E-state index contributed by atoms with van der Waals surface area (Å²) in [4.78, 5) is 21.8. The Balaban J connectivity index is 2.20. The van der Waals surface area contributed by atoms with E-state index in [0.29, 0.717) is 0 Å². The highest BCUT2D eigenvalue weighted by Crippen LogP contribution is 2.06. The summed E-state index contributed by atoms with van der Waals surface area (Å²) in [5, 5.41) is 2.97.